The normalized spacial score (nSPS) is 14.9. The highest BCUT2D eigenvalue weighted by atomic mass is 19.4. The highest BCUT2D eigenvalue weighted by molar-refractivity contribution is 5.20. The van der Waals surface area contributed by atoms with Gasteiger partial charge in [-0.1, -0.05) is 0 Å². The van der Waals surface area contributed by atoms with Crippen LogP contribution in [-0.2, 0) is 0 Å². The summed E-state index contributed by atoms with van der Waals surface area (Å²) >= 11 is 0. The van der Waals surface area contributed by atoms with Crippen LogP contribution in [0.15, 0.2) is 23.8 Å². The molecule has 0 aromatic rings. The number of allylic oxidation sites excluding steroid dienone is 2. The molecule has 0 rings (SSSR count). The van der Waals surface area contributed by atoms with E-state index in [9.17, 15) is 114 Å². The van der Waals surface area contributed by atoms with Crippen molar-refractivity contribution in [2.24, 2.45) is 0 Å². The lowest BCUT2D eigenvalue weighted by molar-refractivity contribution is -0.460. The monoisotopic (exact) mass is 650 g/mol. The Bertz CT molecular complexity index is 914. The molecule has 0 N–H and O–H groups in total. The number of halogens is 26. The first-order valence-electron chi connectivity index (χ1n) is 7.66. The third-order valence-electron chi connectivity index (χ3n) is 3.58. The number of alkyl halides is 20. The number of hydrogen-bond acceptors (Lipinski definition) is 0. The van der Waals surface area contributed by atoms with Crippen LogP contribution in [-0.4, -0.2) is 53.8 Å². The van der Waals surface area contributed by atoms with Crippen LogP contribution in [0.5, 0.6) is 0 Å². The molecule has 0 unspecified atom stereocenters. The third kappa shape index (κ3) is 6.21. The van der Waals surface area contributed by atoms with Crippen LogP contribution in [0.2, 0.25) is 0 Å². The van der Waals surface area contributed by atoms with E-state index in [4.69, 9.17) is 0 Å². The predicted molar refractivity (Wildman–Crippen MR) is 67.4 cm³/mol. The SMILES string of the molecule is FC(F)=C(F)C(F)(F)C(F)(F)C(F)(F)C(F)(F)C(F)(F)C(F)(F)C(F)(F)C(F)(F)F.FC(F)=C(F)C(F)(F)F. The zero-order chi connectivity index (χ0) is 32.8. The Kier molecular flexibility index (Phi) is 10.5. The number of hydrogen-bond donors (Lipinski definition) is 0. The standard InChI is InChI=1S/C10F20.C3F6/c11-1(2(12)13)3(14,15)4(16,17)5(18,19)6(20,21)7(22,23)8(24,25)9(26,27)10(28,29)30;4-1(2(5)6)3(7,8)9. The molecule has 0 nitrogen and oxygen atoms in total. The van der Waals surface area contributed by atoms with Gasteiger partial charge in [-0.25, -0.2) is 0 Å². The summed E-state index contributed by atoms with van der Waals surface area (Å²) in [7, 11) is 0. The molecule has 0 saturated heterocycles. The Morgan fingerprint density at radius 1 is 0.282 bits per heavy atom. The molecule has 234 valence electrons. The minimum atomic E-state index is -8.95. The average Bonchev–Trinajstić information content (AvgIpc) is 2.70. The van der Waals surface area contributed by atoms with E-state index in [1.807, 2.05) is 0 Å². The lowest BCUT2D eigenvalue weighted by Crippen LogP contribution is -2.74. The molecule has 0 aliphatic carbocycles. The third-order valence-corrected chi connectivity index (χ3v) is 3.58. The van der Waals surface area contributed by atoms with Crippen molar-refractivity contribution in [2.45, 2.75) is 53.8 Å². The molecule has 0 aliphatic rings. The van der Waals surface area contributed by atoms with E-state index in [0.717, 1.165) is 0 Å². The van der Waals surface area contributed by atoms with Crippen LogP contribution < -0.4 is 0 Å². The molecule has 0 heterocycles. The van der Waals surface area contributed by atoms with Crippen molar-refractivity contribution in [3.05, 3.63) is 23.8 Å². The summed E-state index contributed by atoms with van der Waals surface area (Å²) < 4.78 is 316. The molecular formula is C13F26. The lowest BCUT2D eigenvalue weighted by atomic mass is 9.89. The van der Waals surface area contributed by atoms with Crippen LogP contribution in [0.3, 0.4) is 0 Å². The molecule has 0 spiro atoms. The van der Waals surface area contributed by atoms with Gasteiger partial charge in [0.05, 0.1) is 0 Å². The van der Waals surface area contributed by atoms with Gasteiger partial charge in [-0.3, -0.25) is 0 Å². The smallest absolute Gasteiger partial charge is 0.199 e. The van der Waals surface area contributed by atoms with Crippen LogP contribution in [0.25, 0.3) is 0 Å². The zero-order valence-corrected chi connectivity index (χ0v) is 16.3. The molecule has 0 bridgehead atoms. The van der Waals surface area contributed by atoms with E-state index in [1.54, 1.807) is 0 Å². The van der Waals surface area contributed by atoms with E-state index >= 15 is 0 Å². The quantitative estimate of drug-likeness (QED) is 0.241. The van der Waals surface area contributed by atoms with Gasteiger partial charge in [-0.15, -0.1) is 0 Å². The van der Waals surface area contributed by atoms with Crippen molar-refractivity contribution in [3.8, 4) is 0 Å². The zero-order valence-electron chi connectivity index (χ0n) is 16.3. The maximum absolute atomic E-state index is 13.1. The van der Waals surface area contributed by atoms with E-state index in [1.165, 1.54) is 0 Å². The van der Waals surface area contributed by atoms with E-state index in [0.29, 0.717) is 0 Å². The molecule has 26 heteroatoms. The van der Waals surface area contributed by atoms with Crippen molar-refractivity contribution in [1.82, 2.24) is 0 Å². The molecule has 0 aliphatic heterocycles. The van der Waals surface area contributed by atoms with Crippen molar-refractivity contribution in [1.29, 1.82) is 0 Å². The second-order valence-electron chi connectivity index (χ2n) is 6.17. The summed E-state index contributed by atoms with van der Waals surface area (Å²) in [6.45, 7) is 0. The summed E-state index contributed by atoms with van der Waals surface area (Å²) in [6.07, 6.45) is -21.4. The van der Waals surface area contributed by atoms with Crippen LogP contribution in [0, 0.1) is 0 Å². The summed E-state index contributed by atoms with van der Waals surface area (Å²) in [5.41, 5.74) is 0. The molecule has 0 fully saturated rings. The summed E-state index contributed by atoms with van der Waals surface area (Å²) in [5.74, 6) is -68.4. The summed E-state index contributed by atoms with van der Waals surface area (Å²) in [5, 5.41) is 0. The molecule has 0 radical (unpaired) electrons. The highest BCUT2D eigenvalue weighted by Crippen LogP contribution is 2.64. The Labute approximate surface area is 193 Å². The van der Waals surface area contributed by atoms with Crippen molar-refractivity contribution >= 4 is 0 Å². The van der Waals surface area contributed by atoms with Gasteiger partial charge in [0.1, 0.15) is 0 Å². The second-order valence-corrected chi connectivity index (χ2v) is 6.17. The summed E-state index contributed by atoms with van der Waals surface area (Å²) in [4.78, 5) is 0. The van der Waals surface area contributed by atoms with Gasteiger partial charge >= 0.3 is 66.0 Å². The largest absolute Gasteiger partial charge is 0.460 e. The van der Waals surface area contributed by atoms with Crippen molar-refractivity contribution in [2.75, 3.05) is 0 Å². The van der Waals surface area contributed by atoms with E-state index in [2.05, 4.69) is 0 Å². The van der Waals surface area contributed by atoms with Gasteiger partial charge in [0.2, 0.25) is 5.83 Å². The first-order chi connectivity index (χ1) is 16.5. The molecule has 0 saturated carbocycles. The predicted octanol–water partition coefficient (Wildman–Crippen LogP) is 9.70. The number of rotatable bonds is 7. The fraction of sp³-hybridized carbons (Fsp3) is 0.692. The van der Waals surface area contributed by atoms with Crippen molar-refractivity contribution in [3.63, 3.8) is 0 Å². The Balaban J connectivity index is 0. The average molecular weight is 650 g/mol. The van der Waals surface area contributed by atoms with Crippen LogP contribution in [0.4, 0.5) is 114 Å². The van der Waals surface area contributed by atoms with Crippen LogP contribution in [0.1, 0.15) is 0 Å². The topological polar surface area (TPSA) is 0 Å². The molecule has 0 aromatic carbocycles. The van der Waals surface area contributed by atoms with Gasteiger partial charge in [-0.05, 0) is 0 Å². The first-order valence-corrected chi connectivity index (χ1v) is 7.66. The molecule has 0 aromatic heterocycles. The highest BCUT2D eigenvalue weighted by Gasteiger charge is 2.95. The van der Waals surface area contributed by atoms with Gasteiger partial charge in [-0.2, -0.15) is 114 Å². The summed E-state index contributed by atoms with van der Waals surface area (Å²) in [6, 6.07) is 0. The Morgan fingerprint density at radius 2 is 0.513 bits per heavy atom. The lowest BCUT2D eigenvalue weighted by Gasteiger charge is -2.42. The van der Waals surface area contributed by atoms with E-state index in [-0.39, 0.29) is 0 Å². The van der Waals surface area contributed by atoms with Crippen LogP contribution >= 0.6 is 0 Å². The Hall–Kier alpha value is -2.34. The molecule has 0 atom stereocenters. The van der Waals surface area contributed by atoms with Gasteiger partial charge in [0, 0.05) is 0 Å². The fourth-order valence-electron chi connectivity index (χ4n) is 1.53. The molecule has 0 amide bonds. The van der Waals surface area contributed by atoms with Gasteiger partial charge in [0.25, 0.3) is 5.83 Å². The van der Waals surface area contributed by atoms with Crippen molar-refractivity contribution < 1.29 is 114 Å². The van der Waals surface area contributed by atoms with Gasteiger partial charge < -0.3 is 0 Å². The molecular weight excluding hydrogens is 650 g/mol. The minimum Gasteiger partial charge on any atom is -0.199 e. The minimum absolute atomic E-state index is 3.33. The molecule has 39 heavy (non-hydrogen) atoms. The van der Waals surface area contributed by atoms with Gasteiger partial charge in [0.15, 0.2) is 0 Å². The maximum Gasteiger partial charge on any atom is 0.460 e. The first kappa shape index (κ1) is 38.8. The Morgan fingerprint density at radius 3 is 0.692 bits per heavy atom. The van der Waals surface area contributed by atoms with E-state index < -0.39 is 77.6 Å². The second kappa shape index (κ2) is 10.6. The fourth-order valence-corrected chi connectivity index (χ4v) is 1.53. The maximum atomic E-state index is 13.1.